The molecular formula is C15H26N4O2. The summed E-state index contributed by atoms with van der Waals surface area (Å²) >= 11 is 0. The smallest absolute Gasteiger partial charge is 0.315 e. The number of ether oxygens (including phenoxy) is 1. The summed E-state index contributed by atoms with van der Waals surface area (Å²) < 4.78 is 7.19. The van der Waals surface area contributed by atoms with Crippen molar-refractivity contribution in [2.45, 2.75) is 63.8 Å². The average Bonchev–Trinajstić information content (AvgIpc) is 3.00. The molecule has 0 unspecified atom stereocenters. The topological polar surface area (TPSA) is 68.2 Å². The maximum atomic E-state index is 12.1. The van der Waals surface area contributed by atoms with E-state index in [9.17, 15) is 4.79 Å². The number of methoxy groups -OCH3 is 1. The molecule has 0 bridgehead atoms. The molecule has 2 amide bonds. The zero-order valence-electron chi connectivity index (χ0n) is 13.1. The summed E-state index contributed by atoms with van der Waals surface area (Å²) in [6.07, 6.45) is 8.12. The SMILES string of the molecule is CO[C@H](C)[C@H](C)NC(=O)N[C@H]1CCCC[C@@H]1n1cccn1. The number of amides is 2. The first-order chi connectivity index (χ1) is 10.1. The molecule has 1 aromatic heterocycles. The van der Waals surface area contributed by atoms with Crippen LogP contribution in [-0.4, -0.2) is 41.1 Å². The Kier molecular flexibility index (Phi) is 5.61. The van der Waals surface area contributed by atoms with Gasteiger partial charge in [0.15, 0.2) is 0 Å². The van der Waals surface area contributed by atoms with Crippen LogP contribution >= 0.6 is 0 Å². The fourth-order valence-electron chi connectivity index (χ4n) is 2.81. The molecule has 1 aliphatic carbocycles. The van der Waals surface area contributed by atoms with Gasteiger partial charge < -0.3 is 15.4 Å². The highest BCUT2D eigenvalue weighted by Crippen LogP contribution is 2.27. The van der Waals surface area contributed by atoms with Crippen LogP contribution in [0.15, 0.2) is 18.5 Å². The van der Waals surface area contributed by atoms with Crippen LogP contribution in [-0.2, 0) is 4.74 Å². The minimum absolute atomic E-state index is 0.0102. The van der Waals surface area contributed by atoms with Crippen molar-refractivity contribution < 1.29 is 9.53 Å². The zero-order valence-corrected chi connectivity index (χ0v) is 13.1. The van der Waals surface area contributed by atoms with Crippen molar-refractivity contribution in [3.05, 3.63) is 18.5 Å². The molecule has 1 heterocycles. The largest absolute Gasteiger partial charge is 0.380 e. The monoisotopic (exact) mass is 294 g/mol. The quantitative estimate of drug-likeness (QED) is 0.873. The van der Waals surface area contributed by atoms with Crippen LogP contribution in [0.3, 0.4) is 0 Å². The van der Waals surface area contributed by atoms with Gasteiger partial charge in [-0.3, -0.25) is 4.68 Å². The molecular weight excluding hydrogens is 268 g/mol. The highest BCUT2D eigenvalue weighted by molar-refractivity contribution is 5.74. The minimum Gasteiger partial charge on any atom is -0.380 e. The van der Waals surface area contributed by atoms with Crippen LogP contribution < -0.4 is 10.6 Å². The van der Waals surface area contributed by atoms with Gasteiger partial charge in [0, 0.05) is 19.5 Å². The molecule has 1 fully saturated rings. The third-order valence-electron chi connectivity index (χ3n) is 4.35. The Hall–Kier alpha value is -1.56. The summed E-state index contributed by atoms with van der Waals surface area (Å²) in [4.78, 5) is 12.1. The number of urea groups is 1. The van der Waals surface area contributed by atoms with Crippen LogP contribution in [0.25, 0.3) is 0 Å². The Bertz CT molecular complexity index is 435. The van der Waals surface area contributed by atoms with Crippen molar-refractivity contribution in [2.75, 3.05) is 7.11 Å². The second kappa shape index (κ2) is 7.45. The summed E-state index contributed by atoms with van der Waals surface area (Å²) in [5.74, 6) is 0. The maximum Gasteiger partial charge on any atom is 0.315 e. The molecule has 4 atom stereocenters. The van der Waals surface area contributed by atoms with Gasteiger partial charge >= 0.3 is 6.03 Å². The van der Waals surface area contributed by atoms with E-state index in [2.05, 4.69) is 15.7 Å². The van der Waals surface area contributed by atoms with Gasteiger partial charge in [-0.2, -0.15) is 5.10 Å². The van der Waals surface area contributed by atoms with E-state index in [-0.39, 0.29) is 30.3 Å². The first-order valence-electron chi connectivity index (χ1n) is 7.70. The van der Waals surface area contributed by atoms with Crippen LogP contribution in [0, 0.1) is 0 Å². The molecule has 1 saturated carbocycles. The third kappa shape index (κ3) is 4.20. The Balaban J connectivity index is 1.91. The predicted molar refractivity (Wildman–Crippen MR) is 81.1 cm³/mol. The van der Waals surface area contributed by atoms with Gasteiger partial charge in [-0.05, 0) is 32.8 Å². The molecule has 0 aliphatic heterocycles. The number of carbonyl (C=O) groups is 1. The van der Waals surface area contributed by atoms with Gasteiger partial charge in [-0.25, -0.2) is 4.79 Å². The van der Waals surface area contributed by atoms with Crippen LogP contribution in [0.1, 0.15) is 45.6 Å². The fraction of sp³-hybridized carbons (Fsp3) is 0.733. The van der Waals surface area contributed by atoms with Crippen molar-refractivity contribution in [3.8, 4) is 0 Å². The van der Waals surface area contributed by atoms with Crippen LogP contribution in [0.2, 0.25) is 0 Å². The lowest BCUT2D eigenvalue weighted by Gasteiger charge is -2.33. The van der Waals surface area contributed by atoms with Gasteiger partial charge in [-0.1, -0.05) is 12.8 Å². The lowest BCUT2D eigenvalue weighted by molar-refractivity contribution is 0.0905. The van der Waals surface area contributed by atoms with Crippen molar-refractivity contribution in [1.82, 2.24) is 20.4 Å². The fourth-order valence-corrected chi connectivity index (χ4v) is 2.81. The number of hydrogen-bond acceptors (Lipinski definition) is 3. The number of aromatic nitrogens is 2. The summed E-state index contributed by atoms with van der Waals surface area (Å²) in [6.45, 7) is 3.89. The Morgan fingerprint density at radius 1 is 1.38 bits per heavy atom. The molecule has 0 radical (unpaired) electrons. The molecule has 2 rings (SSSR count). The second-order valence-corrected chi connectivity index (χ2v) is 5.79. The standard InChI is InChI=1S/C15H26N4O2/c1-11(12(2)21-3)17-15(20)18-13-7-4-5-8-14(13)19-10-6-9-16-19/h6,9-14H,4-5,7-8H2,1-3H3,(H2,17,18,20)/t11-,12+,13-,14-/m0/s1. The lowest BCUT2D eigenvalue weighted by atomic mass is 9.90. The van der Waals surface area contributed by atoms with Crippen molar-refractivity contribution in [1.29, 1.82) is 0 Å². The summed E-state index contributed by atoms with van der Waals surface area (Å²) in [7, 11) is 1.65. The molecule has 2 N–H and O–H groups in total. The van der Waals surface area contributed by atoms with Gasteiger partial charge in [0.25, 0.3) is 0 Å². The molecule has 1 aromatic rings. The van der Waals surface area contributed by atoms with Crippen molar-refractivity contribution >= 4 is 6.03 Å². The van der Waals surface area contributed by atoms with E-state index < -0.39 is 0 Å². The molecule has 21 heavy (non-hydrogen) atoms. The zero-order chi connectivity index (χ0) is 15.2. The lowest BCUT2D eigenvalue weighted by Crippen LogP contribution is -2.51. The third-order valence-corrected chi connectivity index (χ3v) is 4.35. The van der Waals surface area contributed by atoms with E-state index in [1.807, 2.05) is 30.8 Å². The number of nitrogens with zero attached hydrogens (tertiary/aromatic N) is 2. The van der Waals surface area contributed by atoms with E-state index in [0.29, 0.717) is 0 Å². The Morgan fingerprint density at radius 3 is 2.81 bits per heavy atom. The van der Waals surface area contributed by atoms with Gasteiger partial charge in [0.1, 0.15) is 0 Å². The highest BCUT2D eigenvalue weighted by Gasteiger charge is 2.28. The average molecular weight is 294 g/mol. The number of nitrogens with one attached hydrogen (secondary N) is 2. The molecule has 1 aliphatic rings. The molecule has 0 spiro atoms. The van der Waals surface area contributed by atoms with E-state index in [4.69, 9.17) is 4.74 Å². The number of hydrogen-bond donors (Lipinski definition) is 2. The number of rotatable bonds is 5. The van der Waals surface area contributed by atoms with E-state index >= 15 is 0 Å². The van der Waals surface area contributed by atoms with Gasteiger partial charge in [-0.15, -0.1) is 0 Å². The van der Waals surface area contributed by atoms with Crippen LogP contribution in [0.5, 0.6) is 0 Å². The van der Waals surface area contributed by atoms with Gasteiger partial charge in [0.2, 0.25) is 0 Å². The minimum atomic E-state index is -0.129. The number of carbonyl (C=O) groups excluding carboxylic acids is 1. The predicted octanol–water partition coefficient (Wildman–Crippen LogP) is 2.09. The van der Waals surface area contributed by atoms with E-state index in [1.54, 1.807) is 13.3 Å². The van der Waals surface area contributed by atoms with Gasteiger partial charge in [0.05, 0.1) is 24.2 Å². The second-order valence-electron chi connectivity index (χ2n) is 5.79. The first-order valence-corrected chi connectivity index (χ1v) is 7.70. The summed E-state index contributed by atoms with van der Waals surface area (Å²) in [5.41, 5.74) is 0. The highest BCUT2D eigenvalue weighted by atomic mass is 16.5. The normalized spacial score (nSPS) is 25.1. The summed E-state index contributed by atoms with van der Waals surface area (Å²) in [5, 5.41) is 10.4. The molecule has 6 nitrogen and oxygen atoms in total. The van der Waals surface area contributed by atoms with Crippen LogP contribution in [0.4, 0.5) is 4.79 Å². The Labute approximate surface area is 126 Å². The van der Waals surface area contributed by atoms with Crippen molar-refractivity contribution in [3.63, 3.8) is 0 Å². The maximum absolute atomic E-state index is 12.1. The van der Waals surface area contributed by atoms with Crippen molar-refractivity contribution in [2.24, 2.45) is 0 Å². The van der Waals surface area contributed by atoms with E-state index in [0.717, 1.165) is 19.3 Å². The van der Waals surface area contributed by atoms with E-state index in [1.165, 1.54) is 6.42 Å². The summed E-state index contributed by atoms with van der Waals surface area (Å²) in [6, 6.07) is 2.14. The molecule has 0 saturated heterocycles. The molecule has 118 valence electrons. The molecule has 6 heteroatoms. The first kappa shape index (κ1) is 15.8. The Morgan fingerprint density at radius 2 is 2.14 bits per heavy atom. The molecule has 0 aromatic carbocycles.